The lowest BCUT2D eigenvalue weighted by Crippen LogP contribution is -2.91. The van der Waals surface area contributed by atoms with Gasteiger partial charge in [0.1, 0.15) is 5.66 Å². The van der Waals surface area contributed by atoms with Crippen LogP contribution >= 0.6 is 0 Å². The van der Waals surface area contributed by atoms with Crippen LogP contribution in [0.4, 0.5) is 0 Å². The van der Waals surface area contributed by atoms with Crippen LogP contribution in [0.3, 0.4) is 0 Å². The monoisotopic (exact) mass is 466 g/mol. The molecule has 2 heterocycles. The number of hydrogen-bond acceptors (Lipinski definition) is 6. The van der Waals surface area contributed by atoms with E-state index < -0.39 is 0 Å². The molecule has 196 valence electrons. The van der Waals surface area contributed by atoms with Gasteiger partial charge in [-0.25, -0.2) is 10.0 Å². The third-order valence-electron chi connectivity index (χ3n) is 8.14. The minimum absolute atomic E-state index is 0.101. The summed E-state index contributed by atoms with van der Waals surface area (Å²) in [6.45, 7) is 27.1. The first-order chi connectivity index (χ1) is 15.7. The third-order valence-corrected chi connectivity index (χ3v) is 8.14. The van der Waals surface area contributed by atoms with E-state index in [2.05, 4.69) is 99.1 Å². The van der Waals surface area contributed by atoms with Crippen LogP contribution in [0, 0.1) is 0 Å². The Hall–Kier alpha value is -0.240. The molecule has 2 aliphatic heterocycles. The van der Waals surface area contributed by atoms with Crippen molar-refractivity contribution >= 4 is 0 Å². The highest BCUT2D eigenvalue weighted by Crippen LogP contribution is 2.50. The van der Waals surface area contributed by atoms with Crippen molar-refractivity contribution in [2.75, 3.05) is 59.9 Å². The van der Waals surface area contributed by atoms with E-state index in [1.54, 1.807) is 0 Å². The van der Waals surface area contributed by atoms with Gasteiger partial charge in [-0.2, -0.15) is 0 Å². The van der Waals surface area contributed by atoms with Crippen LogP contribution in [0.25, 0.3) is 0 Å². The molecule has 2 rings (SSSR count). The van der Waals surface area contributed by atoms with E-state index in [-0.39, 0.29) is 11.4 Å². The molecule has 0 saturated carbocycles. The molecule has 6 heteroatoms. The summed E-state index contributed by atoms with van der Waals surface area (Å²) in [5.41, 5.74) is -0.101. The topological polar surface area (TPSA) is 19.4 Å². The molecule has 2 fully saturated rings. The maximum absolute atomic E-state index is 2.91. The Morgan fingerprint density at radius 2 is 1.24 bits per heavy atom. The molecule has 0 spiro atoms. The second-order valence-corrected chi connectivity index (χ2v) is 11.0. The molecule has 0 N–H and O–H groups in total. The first kappa shape index (κ1) is 29.0. The average molecular weight is 467 g/mol. The van der Waals surface area contributed by atoms with E-state index in [9.17, 15) is 0 Å². The average Bonchev–Trinajstić information content (AvgIpc) is 3.29. The highest BCUT2D eigenvalue weighted by molar-refractivity contribution is 5.13. The van der Waals surface area contributed by atoms with Crippen molar-refractivity contribution in [3.8, 4) is 0 Å². The third kappa shape index (κ3) is 5.03. The summed E-state index contributed by atoms with van der Waals surface area (Å²) in [7, 11) is 4.71. The summed E-state index contributed by atoms with van der Waals surface area (Å²) in [5.74, 6) is -0.223. The number of hydrogen-bond donors (Lipinski definition) is 0. The number of rotatable bonds is 13. The van der Waals surface area contributed by atoms with Gasteiger partial charge in [-0.1, -0.05) is 27.7 Å². The quantitative estimate of drug-likeness (QED) is 0.367. The minimum atomic E-state index is -0.223. The Kier molecular flexibility index (Phi) is 11.1. The van der Waals surface area contributed by atoms with Crippen LogP contribution in [-0.2, 0) is 0 Å². The number of hydrazine groups is 1. The summed E-state index contributed by atoms with van der Waals surface area (Å²) in [6, 6.07) is 0.888. The molecular formula is C27H58N6. The van der Waals surface area contributed by atoms with E-state index in [0.29, 0.717) is 12.1 Å². The van der Waals surface area contributed by atoms with Crippen molar-refractivity contribution in [2.45, 2.75) is 117 Å². The van der Waals surface area contributed by atoms with E-state index in [1.807, 2.05) is 0 Å². The van der Waals surface area contributed by atoms with Crippen LogP contribution < -0.4 is 0 Å². The van der Waals surface area contributed by atoms with Gasteiger partial charge in [-0.05, 0) is 93.4 Å². The summed E-state index contributed by atoms with van der Waals surface area (Å²) >= 11 is 0. The molecule has 0 aliphatic carbocycles. The Bertz CT molecular complexity index is 543. The van der Waals surface area contributed by atoms with Gasteiger partial charge in [0, 0.05) is 44.8 Å². The fraction of sp³-hybridized carbons (Fsp3) is 1.00. The molecule has 0 aromatic heterocycles. The molecule has 6 nitrogen and oxygen atoms in total. The Balaban J connectivity index is 3.00. The predicted octanol–water partition coefficient (Wildman–Crippen LogP) is 4.59. The Labute approximate surface area is 207 Å². The number of nitrogens with zero attached hydrogens (tertiary/aromatic N) is 6. The summed E-state index contributed by atoms with van der Waals surface area (Å²) in [4.78, 5) is 11.2. The van der Waals surface area contributed by atoms with Gasteiger partial charge < -0.3 is 0 Å². The standard InChI is InChI=1S/C27H58N6/c1-11-19-30(20-12-2)27(33(24(5)6)25(7)8)26(28(9)10,29(13-3)14-4)18-17-23-32(27)31-21-15-16-22-31/h24-25H,11-23H2,1-10H3. The van der Waals surface area contributed by atoms with E-state index >= 15 is 0 Å². The van der Waals surface area contributed by atoms with Gasteiger partial charge >= 0.3 is 0 Å². The second-order valence-electron chi connectivity index (χ2n) is 11.0. The molecular weight excluding hydrogens is 408 g/mol. The van der Waals surface area contributed by atoms with Gasteiger partial charge in [-0.15, -0.1) is 0 Å². The highest BCUT2D eigenvalue weighted by atomic mass is 15.8. The lowest BCUT2D eigenvalue weighted by molar-refractivity contribution is -0.356. The molecule has 0 bridgehead atoms. The molecule has 2 unspecified atom stereocenters. The normalized spacial score (nSPS) is 28.0. The van der Waals surface area contributed by atoms with Crippen LogP contribution in [0.1, 0.15) is 93.9 Å². The SMILES string of the molecule is CCCN(CCC)C1(N(C(C)C)C(C)C)N(N2CCCC2)CCCC1(N(C)C)N(CC)CC. The zero-order valence-electron chi connectivity index (χ0n) is 24.0. The van der Waals surface area contributed by atoms with Gasteiger partial charge in [0.05, 0.1) is 0 Å². The fourth-order valence-electron chi connectivity index (χ4n) is 7.41. The molecule has 0 amide bonds. The Morgan fingerprint density at radius 3 is 1.64 bits per heavy atom. The van der Waals surface area contributed by atoms with Gasteiger partial charge in [0.2, 0.25) is 0 Å². The van der Waals surface area contributed by atoms with Crippen LogP contribution in [-0.4, -0.2) is 113 Å². The molecule has 2 aliphatic rings. The maximum Gasteiger partial charge on any atom is 0.177 e. The smallest absolute Gasteiger partial charge is 0.177 e. The van der Waals surface area contributed by atoms with Gasteiger partial charge in [-0.3, -0.25) is 19.6 Å². The molecule has 0 aromatic rings. The van der Waals surface area contributed by atoms with Crippen LogP contribution in [0.5, 0.6) is 0 Å². The number of likely N-dealkylation sites (N-methyl/N-ethyl adjacent to an activating group) is 2. The van der Waals surface area contributed by atoms with Crippen molar-refractivity contribution < 1.29 is 0 Å². The molecule has 2 atom stereocenters. The van der Waals surface area contributed by atoms with Crippen molar-refractivity contribution in [3.63, 3.8) is 0 Å². The molecule has 0 radical (unpaired) electrons. The van der Waals surface area contributed by atoms with E-state index in [4.69, 9.17) is 0 Å². The predicted molar refractivity (Wildman–Crippen MR) is 143 cm³/mol. The van der Waals surface area contributed by atoms with E-state index in [0.717, 1.165) is 32.7 Å². The zero-order valence-corrected chi connectivity index (χ0v) is 24.0. The fourth-order valence-corrected chi connectivity index (χ4v) is 7.41. The van der Waals surface area contributed by atoms with Crippen LogP contribution in [0.15, 0.2) is 0 Å². The number of piperidine rings is 1. The van der Waals surface area contributed by atoms with Gasteiger partial charge in [0.15, 0.2) is 5.79 Å². The van der Waals surface area contributed by atoms with Crippen molar-refractivity contribution in [3.05, 3.63) is 0 Å². The second kappa shape index (κ2) is 12.6. The first-order valence-corrected chi connectivity index (χ1v) is 14.2. The highest BCUT2D eigenvalue weighted by Gasteiger charge is 2.68. The van der Waals surface area contributed by atoms with Crippen molar-refractivity contribution in [1.82, 2.24) is 29.6 Å². The van der Waals surface area contributed by atoms with Gasteiger partial charge in [0.25, 0.3) is 0 Å². The van der Waals surface area contributed by atoms with Crippen molar-refractivity contribution in [2.24, 2.45) is 0 Å². The largest absolute Gasteiger partial charge is 0.288 e. The lowest BCUT2D eigenvalue weighted by atomic mass is 9.82. The zero-order chi connectivity index (χ0) is 24.8. The summed E-state index contributed by atoms with van der Waals surface area (Å²) < 4.78 is 0. The first-order valence-electron chi connectivity index (χ1n) is 14.2. The van der Waals surface area contributed by atoms with E-state index in [1.165, 1.54) is 51.6 Å². The summed E-state index contributed by atoms with van der Waals surface area (Å²) in [5, 5.41) is 5.63. The summed E-state index contributed by atoms with van der Waals surface area (Å²) in [6.07, 6.45) is 7.44. The molecule has 33 heavy (non-hydrogen) atoms. The van der Waals surface area contributed by atoms with Crippen LogP contribution in [0.2, 0.25) is 0 Å². The Morgan fingerprint density at radius 1 is 0.727 bits per heavy atom. The maximum atomic E-state index is 2.91. The molecule has 0 aromatic carbocycles. The molecule has 2 saturated heterocycles. The van der Waals surface area contributed by atoms with Crippen molar-refractivity contribution in [1.29, 1.82) is 0 Å². The minimum Gasteiger partial charge on any atom is -0.288 e. The lowest BCUT2D eigenvalue weighted by Gasteiger charge is -2.73.